The van der Waals surface area contributed by atoms with E-state index in [2.05, 4.69) is 15.0 Å². The topological polar surface area (TPSA) is 88.5 Å². The van der Waals surface area contributed by atoms with Gasteiger partial charge in [-0.15, -0.1) is 0 Å². The Morgan fingerprint density at radius 3 is 2.67 bits per heavy atom. The lowest BCUT2D eigenvalue weighted by atomic mass is 10.2. The van der Waals surface area contributed by atoms with Gasteiger partial charge < -0.3 is 15.2 Å². The molecule has 0 aliphatic carbocycles. The number of hydrogen-bond acceptors (Lipinski definition) is 4. The van der Waals surface area contributed by atoms with Crippen LogP contribution >= 0.6 is 0 Å². The third-order valence-electron chi connectivity index (χ3n) is 2.39. The molecule has 1 aromatic rings. The second-order valence-electron chi connectivity index (χ2n) is 4.06. The highest BCUT2D eigenvalue weighted by Gasteiger charge is 2.28. The Morgan fingerprint density at radius 1 is 1.48 bits per heavy atom. The summed E-state index contributed by atoms with van der Waals surface area (Å²) in [5, 5.41) is 11.1. The summed E-state index contributed by atoms with van der Waals surface area (Å²) < 4.78 is 40.4. The molecule has 0 bridgehead atoms. The summed E-state index contributed by atoms with van der Waals surface area (Å²) in [6.07, 6.45) is -3.25. The molecule has 1 heterocycles. The van der Waals surface area contributed by atoms with Gasteiger partial charge in [-0.05, 0) is 12.5 Å². The molecule has 0 spiro atoms. The molecular weight excluding hydrogens is 293 g/mol. The van der Waals surface area contributed by atoms with Crippen LogP contribution in [0, 0.1) is 0 Å². The van der Waals surface area contributed by atoms with Crippen molar-refractivity contribution in [2.24, 2.45) is 0 Å². The second-order valence-corrected chi connectivity index (χ2v) is 4.06. The Labute approximate surface area is 117 Å². The smallest absolute Gasteiger partial charge is 0.422 e. The quantitative estimate of drug-likeness (QED) is 0.833. The number of alkyl halides is 3. The lowest BCUT2D eigenvalue weighted by molar-refractivity contribution is -0.154. The summed E-state index contributed by atoms with van der Waals surface area (Å²) in [7, 11) is 0. The molecule has 0 fully saturated rings. The van der Waals surface area contributed by atoms with Crippen LogP contribution < -0.4 is 10.1 Å². The molecule has 21 heavy (non-hydrogen) atoms. The number of amides is 1. The fourth-order valence-corrected chi connectivity index (χ4v) is 1.37. The number of nitrogens with one attached hydrogen (secondary N) is 1. The Hall–Kier alpha value is -2.32. The summed E-state index contributed by atoms with van der Waals surface area (Å²) in [5.74, 6) is -2.31. The SMILES string of the molecule is CCC(NC(=O)c1ccnc(OCC(F)(F)F)c1)C(=O)O. The van der Waals surface area contributed by atoms with E-state index in [1.165, 1.54) is 6.07 Å². The number of carboxylic acid groups (broad SMARTS) is 1. The van der Waals surface area contributed by atoms with E-state index in [1.54, 1.807) is 6.92 Å². The number of aliphatic carboxylic acids is 1. The summed E-state index contributed by atoms with van der Waals surface area (Å²) in [6.45, 7) is 0.0429. The Bertz CT molecular complexity index is 519. The first-order valence-electron chi connectivity index (χ1n) is 5.92. The van der Waals surface area contributed by atoms with Gasteiger partial charge in [0.25, 0.3) is 5.91 Å². The van der Waals surface area contributed by atoms with Crippen molar-refractivity contribution in [3.63, 3.8) is 0 Å². The standard InChI is InChI=1S/C12H13F3N2O4/c1-2-8(11(19)20)17-10(18)7-3-4-16-9(5-7)21-6-12(13,14)15/h3-5,8H,2,6H2,1H3,(H,17,18)(H,19,20). The molecular formula is C12H13F3N2O4. The monoisotopic (exact) mass is 306 g/mol. The Kier molecular flexibility index (Phi) is 5.51. The molecule has 1 amide bonds. The Balaban J connectivity index is 2.75. The lowest BCUT2D eigenvalue weighted by Crippen LogP contribution is -2.40. The minimum Gasteiger partial charge on any atom is -0.480 e. The Morgan fingerprint density at radius 2 is 2.14 bits per heavy atom. The molecule has 0 saturated heterocycles. The second kappa shape index (κ2) is 6.91. The zero-order valence-corrected chi connectivity index (χ0v) is 11.0. The number of hydrogen-bond donors (Lipinski definition) is 2. The van der Waals surface area contributed by atoms with Crippen molar-refractivity contribution in [2.75, 3.05) is 6.61 Å². The largest absolute Gasteiger partial charge is 0.480 e. The number of pyridine rings is 1. The van der Waals surface area contributed by atoms with Crippen molar-refractivity contribution in [3.8, 4) is 5.88 Å². The zero-order valence-electron chi connectivity index (χ0n) is 11.0. The first kappa shape index (κ1) is 16.7. The van der Waals surface area contributed by atoms with Crippen molar-refractivity contribution in [3.05, 3.63) is 23.9 Å². The van der Waals surface area contributed by atoms with Crippen molar-refractivity contribution >= 4 is 11.9 Å². The first-order chi connectivity index (χ1) is 9.73. The van der Waals surface area contributed by atoms with Gasteiger partial charge in [-0.3, -0.25) is 4.79 Å². The molecule has 1 unspecified atom stereocenters. The lowest BCUT2D eigenvalue weighted by Gasteiger charge is -2.13. The highest BCUT2D eigenvalue weighted by atomic mass is 19.4. The van der Waals surface area contributed by atoms with E-state index >= 15 is 0 Å². The van der Waals surface area contributed by atoms with Crippen LogP contribution in [0.1, 0.15) is 23.7 Å². The molecule has 116 valence electrons. The third-order valence-corrected chi connectivity index (χ3v) is 2.39. The van der Waals surface area contributed by atoms with Crippen LogP contribution in [0.2, 0.25) is 0 Å². The van der Waals surface area contributed by atoms with Crippen molar-refractivity contribution in [1.29, 1.82) is 0 Å². The van der Waals surface area contributed by atoms with E-state index < -0.39 is 30.7 Å². The van der Waals surface area contributed by atoms with E-state index in [0.717, 1.165) is 12.3 Å². The molecule has 1 aromatic heterocycles. The van der Waals surface area contributed by atoms with E-state index in [0.29, 0.717) is 0 Å². The van der Waals surface area contributed by atoms with Gasteiger partial charge in [0.2, 0.25) is 5.88 Å². The van der Waals surface area contributed by atoms with Gasteiger partial charge in [0.05, 0.1) is 0 Å². The highest BCUT2D eigenvalue weighted by molar-refractivity contribution is 5.96. The van der Waals surface area contributed by atoms with Crippen LogP contribution in [0.3, 0.4) is 0 Å². The van der Waals surface area contributed by atoms with Gasteiger partial charge in [-0.25, -0.2) is 9.78 Å². The van der Waals surface area contributed by atoms with Crippen LogP contribution in [0.25, 0.3) is 0 Å². The number of rotatable bonds is 6. The number of carbonyl (C=O) groups excluding carboxylic acids is 1. The van der Waals surface area contributed by atoms with Crippen LogP contribution in [0.5, 0.6) is 5.88 Å². The molecule has 0 radical (unpaired) electrons. The molecule has 2 N–H and O–H groups in total. The predicted molar refractivity (Wildman–Crippen MR) is 65.0 cm³/mol. The number of carbonyl (C=O) groups is 2. The maximum Gasteiger partial charge on any atom is 0.422 e. The fraction of sp³-hybridized carbons (Fsp3) is 0.417. The van der Waals surface area contributed by atoms with Crippen molar-refractivity contribution in [1.82, 2.24) is 10.3 Å². The van der Waals surface area contributed by atoms with Gasteiger partial charge in [0.1, 0.15) is 6.04 Å². The average Bonchev–Trinajstić information content (AvgIpc) is 2.41. The van der Waals surface area contributed by atoms with Crippen LogP contribution in [0.15, 0.2) is 18.3 Å². The van der Waals surface area contributed by atoms with E-state index in [-0.39, 0.29) is 17.9 Å². The van der Waals surface area contributed by atoms with Crippen LogP contribution in [-0.2, 0) is 4.79 Å². The minimum absolute atomic E-state index is 0.0399. The zero-order chi connectivity index (χ0) is 16.0. The molecule has 0 aliphatic rings. The summed E-state index contributed by atoms with van der Waals surface area (Å²) in [5.41, 5.74) is -0.0399. The summed E-state index contributed by atoms with van der Waals surface area (Å²) >= 11 is 0. The number of halogens is 3. The molecule has 1 atom stereocenters. The normalized spacial score (nSPS) is 12.6. The molecule has 0 saturated carbocycles. The number of aromatic nitrogens is 1. The molecule has 6 nitrogen and oxygen atoms in total. The van der Waals surface area contributed by atoms with Crippen molar-refractivity contribution in [2.45, 2.75) is 25.6 Å². The van der Waals surface area contributed by atoms with E-state index in [4.69, 9.17) is 5.11 Å². The number of ether oxygens (including phenoxy) is 1. The van der Waals surface area contributed by atoms with E-state index in [9.17, 15) is 22.8 Å². The molecule has 0 aliphatic heterocycles. The van der Waals surface area contributed by atoms with E-state index in [1.807, 2.05) is 0 Å². The maximum atomic E-state index is 12.0. The predicted octanol–water partition coefficient (Wildman–Crippen LogP) is 1.62. The average molecular weight is 306 g/mol. The maximum absolute atomic E-state index is 12.0. The van der Waals surface area contributed by atoms with Gasteiger partial charge in [-0.1, -0.05) is 6.92 Å². The van der Waals surface area contributed by atoms with Crippen LogP contribution in [0.4, 0.5) is 13.2 Å². The number of carboxylic acids is 1. The van der Waals surface area contributed by atoms with Gasteiger partial charge >= 0.3 is 12.1 Å². The molecule has 0 aromatic carbocycles. The van der Waals surface area contributed by atoms with Crippen molar-refractivity contribution < 1.29 is 32.6 Å². The third kappa shape index (κ3) is 5.67. The molecule has 9 heteroatoms. The molecule has 1 rings (SSSR count). The minimum atomic E-state index is -4.52. The van der Waals surface area contributed by atoms with Gasteiger partial charge in [0.15, 0.2) is 6.61 Å². The first-order valence-corrected chi connectivity index (χ1v) is 5.92. The fourth-order valence-electron chi connectivity index (χ4n) is 1.37. The highest BCUT2D eigenvalue weighted by Crippen LogP contribution is 2.17. The van der Waals surface area contributed by atoms with Gasteiger partial charge in [0, 0.05) is 17.8 Å². The summed E-state index contributed by atoms with van der Waals surface area (Å²) in [6, 6.07) is 1.17. The summed E-state index contributed by atoms with van der Waals surface area (Å²) in [4.78, 5) is 26.1. The van der Waals surface area contributed by atoms with Gasteiger partial charge in [-0.2, -0.15) is 13.2 Å². The number of nitrogens with zero attached hydrogens (tertiary/aromatic N) is 1. The van der Waals surface area contributed by atoms with Crippen LogP contribution in [-0.4, -0.2) is 40.8 Å².